The second-order valence-electron chi connectivity index (χ2n) is 6.54. The largest absolute Gasteiger partial charge is 0.342 e. The summed E-state index contributed by atoms with van der Waals surface area (Å²) in [4.78, 5) is 33.4. The Kier molecular flexibility index (Phi) is 4.00. The minimum Gasteiger partial charge on any atom is -0.342 e. The maximum atomic E-state index is 13.0. The van der Waals surface area contributed by atoms with Gasteiger partial charge in [-0.25, -0.2) is 4.98 Å². The third kappa shape index (κ3) is 2.59. The van der Waals surface area contributed by atoms with E-state index in [0.29, 0.717) is 19.5 Å². The van der Waals surface area contributed by atoms with E-state index in [2.05, 4.69) is 6.07 Å². The van der Waals surface area contributed by atoms with Crippen LogP contribution in [0.3, 0.4) is 0 Å². The number of fused-ring (bicyclic) bond motifs is 1. The Balaban J connectivity index is 1.56. The number of rotatable bonds is 3. The molecular weight excluding hydrogens is 322 g/mol. The number of para-hydroxylation sites is 1. The van der Waals surface area contributed by atoms with Gasteiger partial charge in [0.25, 0.3) is 0 Å². The van der Waals surface area contributed by atoms with E-state index in [1.807, 2.05) is 30.0 Å². The quantitative estimate of drug-likeness (QED) is 0.861. The number of likely N-dealkylation sites (tertiary alicyclic amines) is 2. The Morgan fingerprint density at radius 1 is 1.38 bits per heavy atom. The van der Waals surface area contributed by atoms with Gasteiger partial charge in [-0.1, -0.05) is 12.1 Å². The lowest BCUT2D eigenvalue weighted by molar-refractivity contribution is -0.136. The third-order valence-electron chi connectivity index (χ3n) is 5.08. The van der Waals surface area contributed by atoms with Gasteiger partial charge in [0.2, 0.25) is 11.8 Å². The number of hydrogen-bond donors (Lipinski definition) is 0. The van der Waals surface area contributed by atoms with Crippen LogP contribution in [0.5, 0.6) is 0 Å². The molecule has 0 N–H and O–H groups in total. The van der Waals surface area contributed by atoms with Crippen LogP contribution in [0.15, 0.2) is 24.3 Å². The monoisotopic (exact) mass is 343 g/mol. The number of aromatic nitrogens is 1. The molecule has 2 aromatic rings. The zero-order valence-electron chi connectivity index (χ0n) is 13.8. The Morgan fingerprint density at radius 2 is 2.21 bits per heavy atom. The normalized spacial score (nSPS) is 24.3. The third-order valence-corrected chi connectivity index (χ3v) is 6.21. The zero-order chi connectivity index (χ0) is 16.7. The Labute approximate surface area is 145 Å². The molecule has 2 atom stereocenters. The fourth-order valence-electron chi connectivity index (χ4n) is 3.80. The van der Waals surface area contributed by atoms with Crippen molar-refractivity contribution in [2.75, 3.05) is 19.6 Å². The molecule has 4 rings (SSSR count). The summed E-state index contributed by atoms with van der Waals surface area (Å²) >= 11 is 1.68. The molecule has 0 spiro atoms. The summed E-state index contributed by atoms with van der Waals surface area (Å²) < 4.78 is 1.17. The highest BCUT2D eigenvalue weighted by atomic mass is 32.1. The number of hydrogen-bond acceptors (Lipinski definition) is 4. The van der Waals surface area contributed by atoms with Crippen LogP contribution in [0.1, 0.15) is 37.2 Å². The lowest BCUT2D eigenvalue weighted by Gasteiger charge is -2.26. The van der Waals surface area contributed by atoms with Gasteiger partial charge >= 0.3 is 0 Å². The topological polar surface area (TPSA) is 53.5 Å². The van der Waals surface area contributed by atoms with Gasteiger partial charge < -0.3 is 9.80 Å². The van der Waals surface area contributed by atoms with E-state index in [1.54, 1.807) is 16.2 Å². The summed E-state index contributed by atoms with van der Waals surface area (Å²) in [7, 11) is 0. The second kappa shape index (κ2) is 6.16. The highest BCUT2D eigenvalue weighted by Gasteiger charge is 2.40. The van der Waals surface area contributed by atoms with Gasteiger partial charge in [0, 0.05) is 26.1 Å². The van der Waals surface area contributed by atoms with Crippen LogP contribution in [-0.4, -0.2) is 46.2 Å². The number of benzene rings is 1. The van der Waals surface area contributed by atoms with Gasteiger partial charge in [-0.15, -0.1) is 11.3 Å². The fraction of sp³-hybridized carbons (Fsp3) is 0.500. The molecule has 24 heavy (non-hydrogen) atoms. The first-order valence-corrected chi connectivity index (χ1v) is 9.42. The lowest BCUT2D eigenvalue weighted by Crippen LogP contribution is -2.37. The first-order valence-electron chi connectivity index (χ1n) is 8.61. The molecule has 2 fully saturated rings. The van der Waals surface area contributed by atoms with Crippen LogP contribution < -0.4 is 0 Å². The maximum Gasteiger partial charge on any atom is 0.228 e. The molecule has 0 aliphatic carbocycles. The molecular formula is C18H21N3O2S. The molecule has 1 aromatic heterocycles. The van der Waals surface area contributed by atoms with E-state index in [-0.39, 0.29) is 23.8 Å². The fourth-order valence-corrected chi connectivity index (χ4v) is 4.91. The Bertz CT molecular complexity index is 754. The molecule has 126 valence electrons. The Morgan fingerprint density at radius 3 is 2.96 bits per heavy atom. The van der Waals surface area contributed by atoms with Gasteiger partial charge in [0.1, 0.15) is 5.01 Å². The van der Waals surface area contributed by atoms with Crippen LogP contribution in [-0.2, 0) is 9.59 Å². The average Bonchev–Trinajstić information content (AvgIpc) is 3.30. The molecule has 1 aromatic carbocycles. The van der Waals surface area contributed by atoms with Crippen molar-refractivity contribution in [1.82, 2.24) is 14.8 Å². The van der Waals surface area contributed by atoms with Crippen LogP contribution in [0.2, 0.25) is 0 Å². The molecule has 0 unspecified atom stereocenters. The van der Waals surface area contributed by atoms with Crippen LogP contribution in [0.25, 0.3) is 10.2 Å². The summed E-state index contributed by atoms with van der Waals surface area (Å²) in [6.07, 6.45) is 2.32. The van der Waals surface area contributed by atoms with Gasteiger partial charge in [0.05, 0.1) is 22.2 Å². The minimum absolute atomic E-state index is 0.0701. The molecule has 5 nitrogen and oxygen atoms in total. The number of amides is 2. The van der Waals surface area contributed by atoms with Crippen LogP contribution in [0.4, 0.5) is 0 Å². The van der Waals surface area contributed by atoms with E-state index in [9.17, 15) is 9.59 Å². The Hall–Kier alpha value is -1.95. The molecule has 0 saturated carbocycles. The minimum atomic E-state index is -0.188. The summed E-state index contributed by atoms with van der Waals surface area (Å²) in [6.45, 7) is 3.99. The van der Waals surface area contributed by atoms with Crippen LogP contribution >= 0.6 is 11.3 Å². The lowest BCUT2D eigenvalue weighted by atomic mass is 10.1. The van der Waals surface area contributed by atoms with Gasteiger partial charge in [-0.3, -0.25) is 9.59 Å². The number of thiazole rings is 1. The summed E-state index contributed by atoms with van der Waals surface area (Å²) in [5.41, 5.74) is 1.00. The highest BCUT2D eigenvalue weighted by molar-refractivity contribution is 7.18. The maximum absolute atomic E-state index is 13.0. The molecule has 2 amide bonds. The number of carbonyl (C=O) groups is 2. The van der Waals surface area contributed by atoms with Crippen molar-refractivity contribution in [3.8, 4) is 0 Å². The zero-order valence-corrected chi connectivity index (χ0v) is 14.6. The molecule has 0 radical (unpaired) electrons. The standard InChI is InChI=1S/C18H21N3O2S/c1-2-20-11-12(10-16(20)22)18(23)21-9-5-7-14(21)17-19-13-6-3-4-8-15(13)24-17/h3-4,6,8,12,14H,2,5,7,9-11H2,1H3/t12-,14+/m0/s1. The molecule has 2 saturated heterocycles. The molecule has 2 aliphatic rings. The van der Waals surface area contributed by atoms with E-state index >= 15 is 0 Å². The highest BCUT2D eigenvalue weighted by Crippen LogP contribution is 2.38. The van der Waals surface area contributed by atoms with E-state index in [4.69, 9.17) is 4.98 Å². The summed E-state index contributed by atoms with van der Waals surface area (Å²) in [5.74, 6) is 0.0417. The number of carbonyl (C=O) groups excluding carboxylic acids is 2. The predicted molar refractivity (Wildman–Crippen MR) is 93.7 cm³/mol. The van der Waals surface area contributed by atoms with Crippen molar-refractivity contribution >= 4 is 33.4 Å². The van der Waals surface area contributed by atoms with Crippen molar-refractivity contribution in [3.05, 3.63) is 29.3 Å². The molecule has 2 aliphatic heterocycles. The van der Waals surface area contributed by atoms with Crippen molar-refractivity contribution in [1.29, 1.82) is 0 Å². The summed E-state index contributed by atoms with van der Waals surface area (Å²) in [5, 5.41) is 1.03. The molecule has 6 heteroatoms. The number of nitrogens with zero attached hydrogens (tertiary/aromatic N) is 3. The van der Waals surface area contributed by atoms with Gasteiger partial charge in [-0.05, 0) is 31.9 Å². The average molecular weight is 343 g/mol. The smallest absolute Gasteiger partial charge is 0.228 e. The molecule has 3 heterocycles. The first-order chi connectivity index (χ1) is 11.7. The SMILES string of the molecule is CCN1C[C@@H](C(=O)N2CCC[C@@H]2c2nc3ccccc3s2)CC1=O. The first kappa shape index (κ1) is 15.6. The molecule has 0 bridgehead atoms. The second-order valence-corrected chi connectivity index (χ2v) is 7.61. The van der Waals surface area contributed by atoms with Crippen molar-refractivity contribution < 1.29 is 9.59 Å². The van der Waals surface area contributed by atoms with E-state index in [1.165, 1.54) is 4.70 Å². The van der Waals surface area contributed by atoms with Crippen molar-refractivity contribution in [3.63, 3.8) is 0 Å². The summed E-state index contributed by atoms with van der Waals surface area (Å²) in [6, 6.07) is 8.18. The van der Waals surface area contributed by atoms with Gasteiger partial charge in [-0.2, -0.15) is 0 Å². The van der Waals surface area contributed by atoms with Gasteiger partial charge in [0.15, 0.2) is 0 Å². The van der Waals surface area contributed by atoms with E-state index < -0.39 is 0 Å². The van der Waals surface area contributed by atoms with Crippen molar-refractivity contribution in [2.24, 2.45) is 5.92 Å². The van der Waals surface area contributed by atoms with E-state index in [0.717, 1.165) is 29.9 Å². The predicted octanol–water partition coefficient (Wildman–Crippen LogP) is 2.83. The van der Waals surface area contributed by atoms with Crippen molar-refractivity contribution in [2.45, 2.75) is 32.2 Å². The van der Waals surface area contributed by atoms with Crippen LogP contribution in [0, 0.1) is 5.92 Å².